The highest BCUT2D eigenvalue weighted by Gasteiger charge is 2.29. The Hall–Kier alpha value is -5.55. The minimum Gasteiger partial charge on any atom is -0.457 e. The summed E-state index contributed by atoms with van der Waals surface area (Å²) in [6.07, 6.45) is 4.10. The average molecular weight is 671 g/mol. The predicted molar refractivity (Wildman–Crippen MR) is 214 cm³/mol. The fourth-order valence-electron chi connectivity index (χ4n) is 7.48. The predicted octanol–water partition coefficient (Wildman–Crippen LogP) is 12.6. The first-order valence-electron chi connectivity index (χ1n) is 18.2. The van der Waals surface area contributed by atoms with Crippen LogP contribution in [0.15, 0.2) is 134 Å². The van der Waals surface area contributed by atoms with Crippen molar-refractivity contribution in [2.24, 2.45) is 0 Å². The molecule has 2 aromatic heterocycles. The van der Waals surface area contributed by atoms with E-state index in [1.165, 1.54) is 39.0 Å². The third-order valence-electron chi connectivity index (χ3n) is 11.0. The number of anilines is 4. The fraction of sp³-hybridized carbons (Fsp3) is 0.239. The molecule has 0 fully saturated rings. The quantitative estimate of drug-likeness (QED) is 0.161. The van der Waals surface area contributed by atoms with Crippen LogP contribution in [-0.4, -0.2) is 16.2 Å². The van der Waals surface area contributed by atoms with E-state index in [9.17, 15) is 0 Å². The number of nitrogens with zero attached hydrogens (tertiary/aromatic N) is 4. The number of pyridine rings is 1. The van der Waals surface area contributed by atoms with Gasteiger partial charge in [-0.3, -0.25) is 4.57 Å². The Morgan fingerprint density at radius 3 is 1.96 bits per heavy atom. The summed E-state index contributed by atoms with van der Waals surface area (Å²) in [7, 11) is 0. The minimum absolute atomic E-state index is 0.0735. The lowest BCUT2D eigenvalue weighted by Gasteiger charge is -2.27. The zero-order valence-electron chi connectivity index (χ0n) is 30.5. The molecule has 0 saturated heterocycles. The van der Waals surface area contributed by atoms with Gasteiger partial charge in [-0.25, -0.2) is 4.98 Å². The van der Waals surface area contributed by atoms with Gasteiger partial charge in [-0.15, -0.1) is 0 Å². The first-order chi connectivity index (χ1) is 24.7. The van der Waals surface area contributed by atoms with Gasteiger partial charge in [0.25, 0.3) is 0 Å². The molecule has 1 aliphatic heterocycles. The molecule has 0 spiro atoms. The van der Waals surface area contributed by atoms with Crippen LogP contribution in [0.4, 0.5) is 22.7 Å². The third-order valence-corrected chi connectivity index (χ3v) is 11.0. The standard InChI is InChI=1S/C46H46N4O/c1-7-46(6,8-2)33-25-26-47-44(28-33)50-40-20-10-9-19-38(40)39-24-23-37(30-43(39)50)51-36-18-14-17-35(29-36)49-31-48(41-21-11-12-22-42(41)49)34-16-13-15-32(27-34)45(3,4)5/h9-30H,7-8,31H2,1-6H3. The van der Waals surface area contributed by atoms with Crippen molar-refractivity contribution < 1.29 is 4.74 Å². The second-order valence-electron chi connectivity index (χ2n) is 15.1. The summed E-state index contributed by atoms with van der Waals surface area (Å²) in [5.74, 6) is 2.51. The van der Waals surface area contributed by atoms with Crippen molar-refractivity contribution in [3.05, 3.63) is 145 Å². The number of benzene rings is 5. The van der Waals surface area contributed by atoms with Crippen molar-refractivity contribution in [1.29, 1.82) is 0 Å². The summed E-state index contributed by atoms with van der Waals surface area (Å²) < 4.78 is 8.95. The third kappa shape index (κ3) is 5.81. The van der Waals surface area contributed by atoms with Crippen molar-refractivity contribution in [1.82, 2.24) is 9.55 Å². The summed E-state index contributed by atoms with van der Waals surface area (Å²) >= 11 is 0. The highest BCUT2D eigenvalue weighted by molar-refractivity contribution is 6.09. The number of hydrogen-bond acceptors (Lipinski definition) is 4. The van der Waals surface area contributed by atoms with Gasteiger partial charge < -0.3 is 14.5 Å². The molecule has 5 aromatic carbocycles. The number of rotatable bonds is 8. The van der Waals surface area contributed by atoms with Gasteiger partial charge in [0.15, 0.2) is 0 Å². The van der Waals surface area contributed by atoms with Crippen LogP contribution in [-0.2, 0) is 10.8 Å². The molecular weight excluding hydrogens is 625 g/mol. The Labute approximate surface area is 301 Å². The molecule has 3 heterocycles. The molecule has 0 N–H and O–H groups in total. The van der Waals surface area contributed by atoms with Gasteiger partial charge >= 0.3 is 0 Å². The Balaban J connectivity index is 1.15. The molecule has 7 aromatic rings. The van der Waals surface area contributed by atoms with Crippen molar-refractivity contribution in [2.45, 2.75) is 65.2 Å². The second kappa shape index (κ2) is 12.6. The summed E-state index contributed by atoms with van der Waals surface area (Å²) in [5.41, 5.74) is 9.68. The van der Waals surface area contributed by atoms with Crippen molar-refractivity contribution in [2.75, 3.05) is 16.5 Å². The van der Waals surface area contributed by atoms with E-state index in [2.05, 4.69) is 177 Å². The smallest absolute Gasteiger partial charge is 0.137 e. The molecule has 0 amide bonds. The van der Waals surface area contributed by atoms with Crippen LogP contribution in [0.2, 0.25) is 0 Å². The van der Waals surface area contributed by atoms with E-state index in [1.54, 1.807) is 0 Å². The maximum Gasteiger partial charge on any atom is 0.137 e. The lowest BCUT2D eigenvalue weighted by atomic mass is 9.78. The van der Waals surface area contributed by atoms with E-state index >= 15 is 0 Å². The number of ether oxygens (including phenoxy) is 1. The van der Waals surface area contributed by atoms with E-state index in [0.717, 1.165) is 46.9 Å². The molecule has 5 nitrogen and oxygen atoms in total. The molecule has 256 valence electrons. The molecule has 0 atom stereocenters. The molecule has 0 aliphatic carbocycles. The molecule has 8 rings (SSSR count). The SMILES string of the molecule is CCC(C)(CC)c1ccnc(-n2c3ccccc3c3ccc(Oc4cccc(N5CN(c6cccc(C(C)(C)C)c6)c6ccccc65)c4)cc32)c1. The van der Waals surface area contributed by atoms with Crippen molar-refractivity contribution >= 4 is 44.6 Å². The van der Waals surface area contributed by atoms with Crippen LogP contribution in [0.5, 0.6) is 11.5 Å². The van der Waals surface area contributed by atoms with Crippen LogP contribution in [0.3, 0.4) is 0 Å². The normalized spacial score (nSPS) is 13.3. The topological polar surface area (TPSA) is 33.5 Å². The molecule has 0 unspecified atom stereocenters. The molecule has 0 saturated carbocycles. The van der Waals surface area contributed by atoms with E-state index in [-0.39, 0.29) is 10.8 Å². The number of fused-ring (bicyclic) bond motifs is 4. The summed E-state index contributed by atoms with van der Waals surface area (Å²) in [6.45, 7) is 14.4. The maximum absolute atomic E-state index is 6.66. The molecule has 51 heavy (non-hydrogen) atoms. The number of aromatic nitrogens is 2. The highest BCUT2D eigenvalue weighted by atomic mass is 16.5. The van der Waals surface area contributed by atoms with Gasteiger partial charge in [0, 0.05) is 40.5 Å². The first-order valence-corrected chi connectivity index (χ1v) is 18.2. The van der Waals surface area contributed by atoms with E-state index < -0.39 is 0 Å². The van der Waals surface area contributed by atoms with Crippen LogP contribution in [0, 0.1) is 0 Å². The zero-order chi connectivity index (χ0) is 35.3. The molecule has 5 heteroatoms. The van der Waals surface area contributed by atoms with Crippen LogP contribution in [0.25, 0.3) is 27.6 Å². The summed E-state index contributed by atoms with van der Waals surface area (Å²) in [5, 5.41) is 2.38. The first kappa shape index (κ1) is 32.6. The van der Waals surface area contributed by atoms with Gasteiger partial charge in [0.2, 0.25) is 0 Å². The average Bonchev–Trinajstić information content (AvgIpc) is 3.70. The zero-order valence-corrected chi connectivity index (χ0v) is 30.5. The minimum atomic E-state index is 0.0735. The van der Waals surface area contributed by atoms with Gasteiger partial charge in [-0.1, -0.05) is 90.1 Å². The molecule has 0 radical (unpaired) electrons. The van der Waals surface area contributed by atoms with E-state index in [4.69, 9.17) is 9.72 Å². The van der Waals surface area contributed by atoms with Gasteiger partial charge in [0.05, 0.1) is 22.4 Å². The van der Waals surface area contributed by atoms with E-state index in [1.807, 2.05) is 12.3 Å². The Kier molecular flexibility index (Phi) is 8.10. The Morgan fingerprint density at radius 1 is 0.588 bits per heavy atom. The maximum atomic E-state index is 6.66. The molecular formula is C46H46N4O. The Bertz CT molecular complexity index is 2380. The lowest BCUT2D eigenvalue weighted by Crippen LogP contribution is -2.24. The van der Waals surface area contributed by atoms with Gasteiger partial charge in [-0.2, -0.15) is 0 Å². The summed E-state index contributed by atoms with van der Waals surface area (Å²) in [6, 6.07) is 45.5. The monoisotopic (exact) mass is 670 g/mol. The largest absolute Gasteiger partial charge is 0.457 e. The van der Waals surface area contributed by atoms with E-state index in [0.29, 0.717) is 6.67 Å². The van der Waals surface area contributed by atoms with Gasteiger partial charge in [0.1, 0.15) is 24.0 Å². The van der Waals surface area contributed by atoms with Crippen LogP contribution < -0.4 is 14.5 Å². The van der Waals surface area contributed by atoms with Crippen molar-refractivity contribution in [3.63, 3.8) is 0 Å². The molecule has 1 aliphatic rings. The van der Waals surface area contributed by atoms with Gasteiger partial charge in [-0.05, 0) is 102 Å². The molecule has 0 bridgehead atoms. The van der Waals surface area contributed by atoms with Crippen molar-refractivity contribution in [3.8, 4) is 17.3 Å². The number of hydrogen-bond donors (Lipinski definition) is 0. The van der Waals surface area contributed by atoms with Crippen LogP contribution in [0.1, 0.15) is 65.5 Å². The highest BCUT2D eigenvalue weighted by Crippen LogP contribution is 2.45. The Morgan fingerprint density at radius 2 is 1.24 bits per heavy atom. The second-order valence-corrected chi connectivity index (χ2v) is 15.1. The summed E-state index contributed by atoms with van der Waals surface area (Å²) in [4.78, 5) is 9.68. The fourth-order valence-corrected chi connectivity index (χ4v) is 7.48. The van der Waals surface area contributed by atoms with Crippen LogP contribution >= 0.6 is 0 Å². The number of para-hydroxylation sites is 3. The lowest BCUT2D eigenvalue weighted by molar-refractivity contribution is 0.438.